The second-order valence-electron chi connectivity index (χ2n) is 21.5. The van der Waals surface area contributed by atoms with Gasteiger partial charge in [-0.2, -0.15) is 0 Å². The average Bonchev–Trinajstić information content (AvgIpc) is 3.32. The van der Waals surface area contributed by atoms with Crippen molar-refractivity contribution < 1.29 is 15.0 Å². The molecule has 0 aromatic heterocycles. The minimum absolute atomic E-state index is 0.0549. The lowest BCUT2D eigenvalue weighted by Crippen LogP contribution is -2.45. The molecule has 394 valence electrons. The fourth-order valence-corrected chi connectivity index (χ4v) is 10.1. The number of hydrogen-bond acceptors (Lipinski definition) is 3. The largest absolute Gasteiger partial charge is 0.394 e. The van der Waals surface area contributed by atoms with Gasteiger partial charge in [-0.15, -0.1) is 0 Å². The highest BCUT2D eigenvalue weighted by Crippen LogP contribution is 2.19. The Labute approximate surface area is 416 Å². The van der Waals surface area contributed by atoms with Crippen molar-refractivity contribution in [3.05, 3.63) is 12.2 Å². The summed E-state index contributed by atoms with van der Waals surface area (Å²) in [6, 6.07) is -0.618. The number of aliphatic hydroxyl groups is 2. The molecule has 0 aromatic rings. The predicted octanol–water partition coefficient (Wildman–Crippen LogP) is 20.5. The van der Waals surface area contributed by atoms with E-state index in [4.69, 9.17) is 0 Å². The lowest BCUT2D eigenvalue weighted by molar-refractivity contribution is -0.123. The number of carbonyl (C=O) groups excluding carboxylic acids is 1. The monoisotopic (exact) mass is 930 g/mol. The Hall–Kier alpha value is -0.870. The van der Waals surface area contributed by atoms with Gasteiger partial charge in [0.25, 0.3) is 0 Å². The van der Waals surface area contributed by atoms with Crippen molar-refractivity contribution in [3.8, 4) is 0 Å². The molecule has 0 saturated heterocycles. The molecule has 2 atom stereocenters. The van der Waals surface area contributed by atoms with Gasteiger partial charge < -0.3 is 15.5 Å². The normalized spacial score (nSPS) is 12.7. The van der Waals surface area contributed by atoms with Crippen LogP contribution in [0, 0.1) is 0 Å². The highest BCUT2D eigenvalue weighted by molar-refractivity contribution is 5.76. The number of carbonyl (C=O) groups is 1. The molecule has 0 saturated carbocycles. The maximum absolute atomic E-state index is 12.5. The molecule has 0 spiro atoms. The second kappa shape index (κ2) is 58.4. The minimum Gasteiger partial charge on any atom is -0.394 e. The quantitative estimate of drug-likeness (QED) is 0.0420. The topological polar surface area (TPSA) is 69.6 Å². The minimum atomic E-state index is -0.835. The fraction of sp³-hybridized carbons (Fsp3) is 0.952. The summed E-state index contributed by atoms with van der Waals surface area (Å²) in [7, 11) is 0. The lowest BCUT2D eigenvalue weighted by Gasteiger charge is -2.20. The summed E-state index contributed by atoms with van der Waals surface area (Å²) in [6.07, 6.45) is 77.0. The molecule has 0 radical (unpaired) electrons. The number of rotatable bonds is 58. The van der Waals surface area contributed by atoms with E-state index in [9.17, 15) is 15.0 Å². The van der Waals surface area contributed by atoms with Crippen LogP contribution in [0.25, 0.3) is 0 Å². The van der Waals surface area contributed by atoms with Gasteiger partial charge in [-0.25, -0.2) is 0 Å². The van der Waals surface area contributed by atoms with Gasteiger partial charge in [0.05, 0.1) is 18.8 Å². The zero-order chi connectivity index (χ0) is 47.7. The van der Waals surface area contributed by atoms with E-state index in [-0.39, 0.29) is 12.5 Å². The van der Waals surface area contributed by atoms with E-state index in [1.165, 1.54) is 315 Å². The number of amides is 1. The first-order valence-corrected chi connectivity index (χ1v) is 30.9. The first kappa shape index (κ1) is 65.1. The van der Waals surface area contributed by atoms with E-state index in [0.29, 0.717) is 6.42 Å². The van der Waals surface area contributed by atoms with Crippen LogP contribution < -0.4 is 5.32 Å². The van der Waals surface area contributed by atoms with Gasteiger partial charge in [0.1, 0.15) is 0 Å². The Kier molecular flexibility index (Phi) is 57.7. The van der Waals surface area contributed by atoms with Gasteiger partial charge in [-0.05, 0) is 19.3 Å². The molecule has 0 bridgehead atoms. The Balaban J connectivity index is 3.38. The first-order chi connectivity index (χ1) is 32.7. The molecule has 2 unspecified atom stereocenters. The fourth-order valence-electron chi connectivity index (χ4n) is 10.1. The van der Waals surface area contributed by atoms with Crippen molar-refractivity contribution in [1.29, 1.82) is 0 Å². The predicted molar refractivity (Wildman–Crippen MR) is 295 cm³/mol. The highest BCUT2D eigenvalue weighted by Gasteiger charge is 2.18. The van der Waals surface area contributed by atoms with E-state index in [0.717, 1.165) is 25.7 Å². The lowest BCUT2D eigenvalue weighted by atomic mass is 10.0. The third-order valence-corrected chi connectivity index (χ3v) is 14.8. The van der Waals surface area contributed by atoms with E-state index < -0.39 is 12.1 Å². The summed E-state index contributed by atoms with van der Waals surface area (Å²) in [5.41, 5.74) is 0. The van der Waals surface area contributed by atoms with Crippen molar-refractivity contribution in [2.45, 2.75) is 373 Å². The molecular formula is C62H123NO3. The van der Waals surface area contributed by atoms with Crippen molar-refractivity contribution in [2.24, 2.45) is 0 Å². The second-order valence-corrected chi connectivity index (χ2v) is 21.5. The molecule has 0 fully saturated rings. The van der Waals surface area contributed by atoms with Crippen LogP contribution >= 0.6 is 0 Å². The number of nitrogens with one attached hydrogen (secondary N) is 1. The molecule has 1 amide bonds. The molecule has 0 heterocycles. The molecule has 0 rings (SSSR count). The number of unbranched alkanes of at least 4 members (excludes halogenated alkanes) is 51. The van der Waals surface area contributed by atoms with E-state index in [1.807, 2.05) is 6.08 Å². The van der Waals surface area contributed by atoms with Gasteiger partial charge >= 0.3 is 0 Å². The number of aliphatic hydroxyl groups excluding tert-OH is 2. The maximum Gasteiger partial charge on any atom is 0.220 e. The Bertz CT molecular complexity index is 921. The first-order valence-electron chi connectivity index (χ1n) is 30.9. The van der Waals surface area contributed by atoms with Crippen molar-refractivity contribution >= 4 is 5.91 Å². The SMILES string of the molecule is CCCCCCCCCCCCCCCCCCC/C=C/C(O)C(CO)NC(=O)CCCCCCCCCCCCCCCCCCCCCCCCCCCCCCCCCCCCC. The third kappa shape index (κ3) is 54.1. The van der Waals surface area contributed by atoms with Crippen molar-refractivity contribution in [3.63, 3.8) is 0 Å². The summed E-state index contributed by atoms with van der Waals surface area (Å²) in [4.78, 5) is 12.5. The molecule has 0 aliphatic heterocycles. The summed E-state index contributed by atoms with van der Waals surface area (Å²) < 4.78 is 0. The third-order valence-electron chi connectivity index (χ3n) is 14.8. The standard InChI is InChI=1S/C62H123NO3/c1-3-5-7-9-11-13-15-17-19-21-23-24-25-26-27-28-29-30-31-32-33-34-35-36-37-38-40-42-44-46-48-50-52-54-56-58-62(66)63-60(59-64)61(65)57-55-53-51-49-47-45-43-41-39-22-20-18-16-14-12-10-8-6-4-2/h55,57,60-61,64-65H,3-54,56,58-59H2,1-2H3,(H,63,66)/b57-55+. The van der Waals surface area contributed by atoms with Crippen LogP contribution in [-0.4, -0.2) is 34.9 Å². The van der Waals surface area contributed by atoms with E-state index in [2.05, 4.69) is 19.2 Å². The average molecular weight is 931 g/mol. The summed E-state index contributed by atoms with van der Waals surface area (Å²) in [5, 5.41) is 23.2. The Morgan fingerprint density at radius 3 is 0.788 bits per heavy atom. The molecule has 0 aromatic carbocycles. The Morgan fingerprint density at radius 1 is 0.348 bits per heavy atom. The van der Waals surface area contributed by atoms with Gasteiger partial charge in [-0.3, -0.25) is 4.79 Å². The van der Waals surface area contributed by atoms with Gasteiger partial charge in [0.2, 0.25) is 5.91 Å². The van der Waals surface area contributed by atoms with Crippen LogP contribution in [0.4, 0.5) is 0 Å². The van der Waals surface area contributed by atoms with Crippen molar-refractivity contribution in [1.82, 2.24) is 5.32 Å². The molecular weight excluding hydrogens is 807 g/mol. The molecule has 4 nitrogen and oxygen atoms in total. The number of hydrogen-bond donors (Lipinski definition) is 3. The van der Waals surface area contributed by atoms with E-state index in [1.54, 1.807) is 6.08 Å². The molecule has 0 aliphatic rings. The smallest absolute Gasteiger partial charge is 0.220 e. The van der Waals surface area contributed by atoms with Crippen LogP contribution in [0.5, 0.6) is 0 Å². The Morgan fingerprint density at radius 2 is 0.561 bits per heavy atom. The van der Waals surface area contributed by atoms with Crippen molar-refractivity contribution in [2.75, 3.05) is 6.61 Å². The molecule has 0 aliphatic carbocycles. The maximum atomic E-state index is 12.5. The van der Waals surface area contributed by atoms with Gasteiger partial charge in [0.15, 0.2) is 0 Å². The summed E-state index contributed by atoms with van der Waals surface area (Å²) in [6.45, 7) is 4.36. The van der Waals surface area contributed by atoms with Gasteiger partial charge in [0, 0.05) is 6.42 Å². The molecule has 66 heavy (non-hydrogen) atoms. The molecule has 3 N–H and O–H groups in total. The van der Waals surface area contributed by atoms with Crippen LogP contribution in [0.2, 0.25) is 0 Å². The summed E-state index contributed by atoms with van der Waals surface area (Å²) >= 11 is 0. The highest BCUT2D eigenvalue weighted by atomic mass is 16.3. The number of allylic oxidation sites excluding steroid dienone is 1. The van der Waals surface area contributed by atoms with E-state index >= 15 is 0 Å². The van der Waals surface area contributed by atoms with Crippen LogP contribution in [0.15, 0.2) is 12.2 Å². The zero-order valence-electron chi connectivity index (χ0n) is 45.5. The van der Waals surface area contributed by atoms with Crippen LogP contribution in [-0.2, 0) is 4.79 Å². The van der Waals surface area contributed by atoms with Crippen LogP contribution in [0.1, 0.15) is 361 Å². The van der Waals surface area contributed by atoms with Gasteiger partial charge in [-0.1, -0.05) is 347 Å². The summed E-state index contributed by atoms with van der Waals surface area (Å²) in [5.74, 6) is -0.0549. The van der Waals surface area contributed by atoms with Crippen LogP contribution in [0.3, 0.4) is 0 Å². The molecule has 4 heteroatoms. The zero-order valence-corrected chi connectivity index (χ0v) is 45.5.